The van der Waals surface area contributed by atoms with Crippen molar-refractivity contribution in [3.05, 3.63) is 46.8 Å². The van der Waals surface area contributed by atoms with E-state index >= 15 is 0 Å². The molecule has 2 aromatic heterocycles. The molecule has 8 nitrogen and oxygen atoms in total. The predicted molar refractivity (Wildman–Crippen MR) is 113 cm³/mol. The molecule has 5 rings (SSSR count). The Morgan fingerprint density at radius 3 is 2.74 bits per heavy atom. The van der Waals surface area contributed by atoms with Crippen LogP contribution < -0.4 is 14.4 Å². The second-order valence-corrected chi connectivity index (χ2v) is 7.89. The van der Waals surface area contributed by atoms with E-state index in [1.54, 1.807) is 18.4 Å². The summed E-state index contributed by atoms with van der Waals surface area (Å²) in [6, 6.07) is 9.60. The van der Waals surface area contributed by atoms with Crippen LogP contribution in [0.15, 0.2) is 39.4 Å². The van der Waals surface area contributed by atoms with Crippen LogP contribution in [0.1, 0.15) is 17.7 Å². The highest BCUT2D eigenvalue weighted by Crippen LogP contribution is 2.38. The Balaban J connectivity index is 1.26. The van der Waals surface area contributed by atoms with Gasteiger partial charge in [0.2, 0.25) is 11.6 Å². The molecule has 3 aromatic rings. The van der Waals surface area contributed by atoms with Gasteiger partial charge in [0.05, 0.1) is 24.5 Å². The maximum atomic E-state index is 9.47. The van der Waals surface area contributed by atoms with E-state index in [-0.39, 0.29) is 5.69 Å². The molecule has 0 spiro atoms. The third-order valence-corrected chi connectivity index (χ3v) is 5.66. The number of rotatable bonds is 4. The number of hydrogen-bond acceptors (Lipinski definition) is 8. The number of benzene rings is 1. The lowest BCUT2D eigenvalue weighted by molar-refractivity contribution is 0.245. The van der Waals surface area contributed by atoms with Crippen LogP contribution in [0.25, 0.3) is 11.7 Å². The van der Waals surface area contributed by atoms with Crippen LogP contribution >= 0.6 is 11.6 Å². The van der Waals surface area contributed by atoms with Gasteiger partial charge in [0.15, 0.2) is 17.3 Å². The van der Waals surface area contributed by atoms with Crippen molar-refractivity contribution in [3.8, 4) is 29.2 Å². The summed E-state index contributed by atoms with van der Waals surface area (Å²) in [4.78, 5) is 8.66. The van der Waals surface area contributed by atoms with Crippen LogP contribution in [-0.4, -0.2) is 49.3 Å². The minimum absolute atomic E-state index is 0.273. The molecule has 0 unspecified atom stereocenters. The Morgan fingerprint density at radius 1 is 1.13 bits per heavy atom. The van der Waals surface area contributed by atoms with Gasteiger partial charge in [-0.2, -0.15) is 10.2 Å². The number of furan rings is 1. The molecule has 0 bridgehead atoms. The first-order valence-corrected chi connectivity index (χ1v) is 10.6. The highest BCUT2D eigenvalue weighted by atomic mass is 35.5. The van der Waals surface area contributed by atoms with Crippen LogP contribution in [0.4, 0.5) is 5.88 Å². The molecule has 4 heterocycles. The standard InChI is InChI=1S/C22H21ClN4O4/c23-16-11-15(12-19-20(16)30-10-2-9-29-19)14-26-4-6-27(7-5-26)22-17(13-24)25-21(31-22)18-3-1-8-28-18/h1,3,8,11-12H,2,4-7,9-10,14H2. The number of nitriles is 1. The van der Waals surface area contributed by atoms with Crippen molar-refractivity contribution in [1.82, 2.24) is 9.88 Å². The molecule has 1 fully saturated rings. The zero-order valence-electron chi connectivity index (χ0n) is 16.8. The summed E-state index contributed by atoms with van der Waals surface area (Å²) in [6.07, 6.45) is 2.40. The minimum atomic E-state index is 0.273. The monoisotopic (exact) mass is 440 g/mol. The van der Waals surface area contributed by atoms with Gasteiger partial charge in [-0.3, -0.25) is 4.90 Å². The van der Waals surface area contributed by atoms with Crippen molar-refractivity contribution in [3.63, 3.8) is 0 Å². The summed E-state index contributed by atoms with van der Waals surface area (Å²) in [5.74, 6) is 2.67. The number of ether oxygens (including phenoxy) is 2. The number of aromatic nitrogens is 1. The van der Waals surface area contributed by atoms with E-state index in [2.05, 4.69) is 20.9 Å². The number of nitrogens with zero attached hydrogens (tertiary/aromatic N) is 4. The average Bonchev–Trinajstić information content (AvgIpc) is 3.40. The van der Waals surface area contributed by atoms with E-state index in [9.17, 15) is 5.26 Å². The number of halogens is 1. The van der Waals surface area contributed by atoms with Crippen molar-refractivity contribution in [2.45, 2.75) is 13.0 Å². The molecule has 160 valence electrons. The largest absolute Gasteiger partial charge is 0.489 e. The molecule has 1 saturated heterocycles. The van der Waals surface area contributed by atoms with Crippen LogP contribution in [0, 0.1) is 11.3 Å². The SMILES string of the molecule is N#Cc1nc(-c2ccco2)oc1N1CCN(Cc2cc(Cl)c3c(c2)OCCCO3)CC1. The summed E-state index contributed by atoms with van der Waals surface area (Å²) >= 11 is 6.43. The van der Waals surface area contributed by atoms with Gasteiger partial charge in [-0.1, -0.05) is 11.6 Å². The number of hydrogen-bond donors (Lipinski definition) is 0. The lowest BCUT2D eigenvalue weighted by Crippen LogP contribution is -2.46. The Labute approximate surface area is 184 Å². The molecule has 0 radical (unpaired) electrons. The first kappa shape index (κ1) is 19.8. The van der Waals surface area contributed by atoms with Gasteiger partial charge in [-0.05, 0) is 29.8 Å². The fourth-order valence-electron chi connectivity index (χ4n) is 3.85. The number of oxazole rings is 1. The molecular weight excluding hydrogens is 420 g/mol. The fourth-order valence-corrected chi connectivity index (χ4v) is 4.14. The van der Waals surface area contributed by atoms with Crippen LogP contribution in [-0.2, 0) is 6.54 Å². The highest BCUT2D eigenvalue weighted by molar-refractivity contribution is 6.32. The van der Waals surface area contributed by atoms with Gasteiger partial charge in [-0.25, -0.2) is 0 Å². The van der Waals surface area contributed by atoms with Gasteiger partial charge in [0.1, 0.15) is 6.07 Å². The van der Waals surface area contributed by atoms with Gasteiger partial charge in [0, 0.05) is 39.1 Å². The molecule has 2 aliphatic rings. The quantitative estimate of drug-likeness (QED) is 0.602. The van der Waals surface area contributed by atoms with Gasteiger partial charge in [0.25, 0.3) is 5.89 Å². The first-order chi connectivity index (χ1) is 15.2. The Hall–Kier alpha value is -3.15. The molecule has 0 amide bonds. The Kier molecular flexibility index (Phi) is 5.45. The molecule has 0 aliphatic carbocycles. The number of fused-ring (bicyclic) bond motifs is 1. The van der Waals surface area contributed by atoms with Crippen molar-refractivity contribution >= 4 is 17.5 Å². The van der Waals surface area contributed by atoms with E-state index < -0.39 is 0 Å². The summed E-state index contributed by atoms with van der Waals surface area (Å²) in [7, 11) is 0. The summed E-state index contributed by atoms with van der Waals surface area (Å²) in [5.41, 5.74) is 1.36. The minimum Gasteiger partial charge on any atom is -0.489 e. The van der Waals surface area contributed by atoms with Crippen molar-refractivity contribution in [2.75, 3.05) is 44.3 Å². The van der Waals surface area contributed by atoms with E-state index in [0.717, 1.165) is 44.7 Å². The molecule has 0 atom stereocenters. The first-order valence-electron chi connectivity index (χ1n) is 10.2. The lowest BCUT2D eigenvalue weighted by atomic mass is 10.1. The topological polar surface area (TPSA) is 87.9 Å². The second kappa shape index (κ2) is 8.53. The molecule has 0 saturated carbocycles. The Morgan fingerprint density at radius 2 is 1.97 bits per heavy atom. The van der Waals surface area contributed by atoms with E-state index in [1.807, 2.05) is 12.1 Å². The number of piperazine rings is 1. The van der Waals surface area contributed by atoms with E-state index in [1.165, 1.54) is 0 Å². The fraction of sp³-hybridized carbons (Fsp3) is 0.364. The summed E-state index contributed by atoms with van der Waals surface area (Å²) < 4.78 is 22.7. The molecule has 1 aromatic carbocycles. The van der Waals surface area contributed by atoms with Crippen LogP contribution in [0.3, 0.4) is 0 Å². The average molecular weight is 441 g/mol. The zero-order chi connectivity index (χ0) is 21.2. The lowest BCUT2D eigenvalue weighted by Gasteiger charge is -2.34. The van der Waals surface area contributed by atoms with Crippen molar-refractivity contribution in [2.24, 2.45) is 0 Å². The molecule has 31 heavy (non-hydrogen) atoms. The molecular formula is C22H21ClN4O4. The normalized spacial score (nSPS) is 16.7. The maximum absolute atomic E-state index is 9.47. The van der Waals surface area contributed by atoms with Crippen molar-refractivity contribution in [1.29, 1.82) is 5.26 Å². The third-order valence-electron chi connectivity index (χ3n) is 5.37. The molecule has 9 heteroatoms. The second-order valence-electron chi connectivity index (χ2n) is 7.48. The summed E-state index contributed by atoms with van der Waals surface area (Å²) in [5, 5.41) is 10.1. The highest BCUT2D eigenvalue weighted by Gasteiger charge is 2.26. The van der Waals surface area contributed by atoms with Crippen LogP contribution in [0.2, 0.25) is 5.02 Å². The summed E-state index contributed by atoms with van der Waals surface area (Å²) in [6.45, 7) is 5.07. The predicted octanol–water partition coefficient (Wildman–Crippen LogP) is 3.94. The molecule has 0 N–H and O–H groups in total. The van der Waals surface area contributed by atoms with E-state index in [4.69, 9.17) is 29.9 Å². The smallest absolute Gasteiger partial charge is 0.266 e. The van der Waals surface area contributed by atoms with Gasteiger partial charge < -0.3 is 23.2 Å². The third kappa shape index (κ3) is 4.07. The zero-order valence-corrected chi connectivity index (χ0v) is 17.6. The van der Waals surface area contributed by atoms with Crippen molar-refractivity contribution < 1.29 is 18.3 Å². The molecule has 2 aliphatic heterocycles. The van der Waals surface area contributed by atoms with E-state index in [0.29, 0.717) is 47.3 Å². The maximum Gasteiger partial charge on any atom is 0.266 e. The number of anilines is 1. The van der Waals surface area contributed by atoms with Gasteiger partial charge >= 0.3 is 0 Å². The van der Waals surface area contributed by atoms with Crippen LogP contribution in [0.5, 0.6) is 11.5 Å². The van der Waals surface area contributed by atoms with Gasteiger partial charge in [-0.15, -0.1) is 0 Å². The Bertz CT molecular complexity index is 1100.